The van der Waals surface area contributed by atoms with Gasteiger partial charge in [0, 0.05) is 11.1 Å². The smallest absolute Gasteiger partial charge is 0.261 e. The lowest BCUT2D eigenvalue weighted by Gasteiger charge is -2.14. The summed E-state index contributed by atoms with van der Waals surface area (Å²) in [4.78, 5) is 34.2. The summed E-state index contributed by atoms with van der Waals surface area (Å²) in [6, 6.07) is 8.96. The topological polar surface area (TPSA) is 54.5 Å². The van der Waals surface area contributed by atoms with Crippen molar-refractivity contribution in [1.29, 1.82) is 0 Å². The first kappa shape index (κ1) is 14.8. The van der Waals surface area contributed by atoms with Crippen molar-refractivity contribution in [3.05, 3.63) is 41.5 Å². The molecule has 0 saturated heterocycles. The number of carbonyl (C=O) groups is 3. The molecule has 0 aromatic heterocycles. The summed E-state index contributed by atoms with van der Waals surface area (Å²) < 4.78 is 0. The van der Waals surface area contributed by atoms with Gasteiger partial charge in [0.2, 0.25) is 0 Å². The average molecular weight is 259 g/mol. The molecule has 0 spiro atoms. The minimum absolute atomic E-state index is 0.167. The molecule has 0 aliphatic carbocycles. The van der Waals surface area contributed by atoms with Gasteiger partial charge < -0.3 is 4.79 Å². The highest BCUT2D eigenvalue weighted by Crippen LogP contribution is 2.25. The normalized spacial score (nSPS) is 14.4. The summed E-state index contributed by atoms with van der Waals surface area (Å²) >= 11 is 0. The van der Waals surface area contributed by atoms with Crippen LogP contribution in [0.4, 0.5) is 5.69 Å². The maximum Gasteiger partial charge on any atom is 0.261 e. The first-order valence-corrected chi connectivity index (χ1v) is 5.94. The number of hydrogen-bond donors (Lipinski definition) is 0. The third-order valence-electron chi connectivity index (χ3n) is 2.62. The van der Waals surface area contributed by atoms with Crippen LogP contribution < -0.4 is 4.90 Å². The van der Waals surface area contributed by atoms with Crippen LogP contribution >= 0.6 is 0 Å². The summed E-state index contributed by atoms with van der Waals surface area (Å²) in [5.74, 6) is -0.271. The van der Waals surface area contributed by atoms with Gasteiger partial charge >= 0.3 is 0 Å². The maximum absolute atomic E-state index is 11.8. The molecular formula is C15H17NO3. The number of Topliss-reactive ketones (excluding diaryl/α,β-unsaturated/α-hetero) is 1. The first-order valence-electron chi connectivity index (χ1n) is 5.94. The lowest BCUT2D eigenvalue weighted by molar-refractivity contribution is -0.120. The van der Waals surface area contributed by atoms with Gasteiger partial charge in [-0.1, -0.05) is 18.2 Å². The molecule has 100 valence electrons. The van der Waals surface area contributed by atoms with E-state index in [2.05, 4.69) is 0 Å². The molecule has 1 aliphatic heterocycles. The number of amides is 2. The molecule has 0 N–H and O–H groups in total. The van der Waals surface area contributed by atoms with Crippen LogP contribution in [0.5, 0.6) is 0 Å². The van der Waals surface area contributed by atoms with Gasteiger partial charge in [0.05, 0.1) is 5.69 Å². The molecule has 1 aromatic rings. The van der Waals surface area contributed by atoms with Crippen molar-refractivity contribution in [2.75, 3.05) is 4.90 Å². The molecule has 2 amide bonds. The van der Waals surface area contributed by atoms with E-state index in [0.29, 0.717) is 16.8 Å². The molecule has 4 heteroatoms. The van der Waals surface area contributed by atoms with Crippen LogP contribution in [0, 0.1) is 0 Å². The number of hydrogen-bond acceptors (Lipinski definition) is 3. The van der Waals surface area contributed by atoms with Crippen LogP contribution in [-0.2, 0) is 14.4 Å². The Balaban J connectivity index is 0.000000399. The van der Waals surface area contributed by atoms with E-state index < -0.39 is 0 Å². The van der Waals surface area contributed by atoms with Gasteiger partial charge in [-0.2, -0.15) is 0 Å². The lowest BCUT2D eigenvalue weighted by Crippen LogP contribution is -2.31. The van der Waals surface area contributed by atoms with Crippen molar-refractivity contribution in [1.82, 2.24) is 0 Å². The summed E-state index contributed by atoms with van der Waals surface area (Å²) in [5, 5.41) is 0. The second-order valence-corrected chi connectivity index (χ2v) is 4.44. The highest BCUT2D eigenvalue weighted by Gasteiger charge is 2.34. The average Bonchev–Trinajstić information content (AvgIpc) is 2.54. The van der Waals surface area contributed by atoms with E-state index in [1.807, 2.05) is 6.07 Å². The standard InChI is InChI=1S/C12H11NO2.C3H6O/c1-8-9(2)12(15)13(11(8)14)10-6-4-3-5-7-10;1-3(2)4/h3-7H,1-2H3;1-2H3. The van der Waals surface area contributed by atoms with Gasteiger partial charge in [-0.05, 0) is 39.8 Å². The van der Waals surface area contributed by atoms with E-state index in [4.69, 9.17) is 0 Å². The molecule has 0 fully saturated rings. The van der Waals surface area contributed by atoms with E-state index >= 15 is 0 Å². The van der Waals surface area contributed by atoms with Gasteiger partial charge in [-0.3, -0.25) is 9.59 Å². The highest BCUT2D eigenvalue weighted by molar-refractivity contribution is 6.32. The van der Waals surface area contributed by atoms with Crippen LogP contribution in [0.15, 0.2) is 41.5 Å². The quantitative estimate of drug-likeness (QED) is 0.728. The van der Waals surface area contributed by atoms with Crippen LogP contribution in [0.2, 0.25) is 0 Å². The predicted molar refractivity (Wildman–Crippen MR) is 73.7 cm³/mol. The molecule has 0 saturated carbocycles. The van der Waals surface area contributed by atoms with E-state index in [-0.39, 0.29) is 17.6 Å². The molecule has 1 aliphatic rings. The maximum atomic E-state index is 11.8. The Kier molecular flexibility index (Phi) is 4.75. The van der Waals surface area contributed by atoms with Crippen LogP contribution in [0.1, 0.15) is 27.7 Å². The molecular weight excluding hydrogens is 242 g/mol. The zero-order valence-electron chi connectivity index (χ0n) is 11.6. The third kappa shape index (κ3) is 3.37. The summed E-state index contributed by atoms with van der Waals surface area (Å²) in [7, 11) is 0. The second-order valence-electron chi connectivity index (χ2n) is 4.44. The zero-order valence-corrected chi connectivity index (χ0v) is 11.6. The third-order valence-corrected chi connectivity index (χ3v) is 2.62. The summed E-state index contributed by atoms with van der Waals surface area (Å²) in [5.41, 5.74) is 1.69. The molecule has 0 radical (unpaired) electrons. The van der Waals surface area contributed by atoms with Gasteiger partial charge in [0.25, 0.3) is 11.8 Å². The van der Waals surface area contributed by atoms with Gasteiger partial charge in [-0.15, -0.1) is 0 Å². The van der Waals surface area contributed by atoms with Crippen LogP contribution in [-0.4, -0.2) is 17.6 Å². The molecule has 2 rings (SSSR count). The molecule has 0 unspecified atom stereocenters. The Labute approximate surface area is 112 Å². The molecule has 0 bridgehead atoms. The Hall–Kier alpha value is -2.23. The first-order chi connectivity index (χ1) is 8.86. The van der Waals surface area contributed by atoms with Crippen LogP contribution in [0.25, 0.3) is 0 Å². The number of benzene rings is 1. The number of ketones is 1. The number of para-hydroxylation sites is 1. The van der Waals surface area contributed by atoms with Crippen molar-refractivity contribution in [2.24, 2.45) is 0 Å². The molecule has 1 aromatic carbocycles. The minimum Gasteiger partial charge on any atom is -0.300 e. The van der Waals surface area contributed by atoms with Crippen molar-refractivity contribution in [2.45, 2.75) is 27.7 Å². The highest BCUT2D eigenvalue weighted by atomic mass is 16.2. The van der Waals surface area contributed by atoms with E-state index in [1.165, 1.54) is 18.7 Å². The summed E-state index contributed by atoms with van der Waals surface area (Å²) in [6.07, 6.45) is 0. The second kappa shape index (κ2) is 6.09. The number of anilines is 1. The van der Waals surface area contributed by atoms with Gasteiger partial charge in [0.15, 0.2) is 0 Å². The van der Waals surface area contributed by atoms with Gasteiger partial charge in [0.1, 0.15) is 5.78 Å². The van der Waals surface area contributed by atoms with E-state index in [0.717, 1.165) is 0 Å². The van der Waals surface area contributed by atoms with Crippen molar-refractivity contribution >= 4 is 23.3 Å². The summed E-state index contributed by atoms with van der Waals surface area (Å²) in [6.45, 7) is 6.41. The Morgan fingerprint density at radius 3 is 1.63 bits per heavy atom. The number of nitrogens with zero attached hydrogens (tertiary/aromatic N) is 1. The number of rotatable bonds is 1. The fourth-order valence-corrected chi connectivity index (χ4v) is 1.56. The monoisotopic (exact) mass is 259 g/mol. The number of imide groups is 1. The fraction of sp³-hybridized carbons (Fsp3) is 0.267. The Morgan fingerprint density at radius 2 is 1.26 bits per heavy atom. The van der Waals surface area contributed by atoms with Crippen LogP contribution in [0.3, 0.4) is 0 Å². The molecule has 19 heavy (non-hydrogen) atoms. The largest absolute Gasteiger partial charge is 0.300 e. The number of carbonyl (C=O) groups excluding carboxylic acids is 3. The Bertz CT molecular complexity index is 516. The Morgan fingerprint density at radius 1 is 0.895 bits per heavy atom. The van der Waals surface area contributed by atoms with Gasteiger partial charge in [-0.25, -0.2) is 4.90 Å². The van der Waals surface area contributed by atoms with Crippen molar-refractivity contribution in [3.63, 3.8) is 0 Å². The fourth-order valence-electron chi connectivity index (χ4n) is 1.56. The molecule has 0 atom stereocenters. The van der Waals surface area contributed by atoms with Crippen molar-refractivity contribution < 1.29 is 14.4 Å². The molecule has 4 nitrogen and oxygen atoms in total. The SMILES string of the molecule is CC(C)=O.CC1=C(C)C(=O)N(c2ccccc2)C1=O. The zero-order chi connectivity index (χ0) is 14.6. The minimum atomic E-state index is -0.219. The lowest BCUT2D eigenvalue weighted by atomic mass is 10.2. The van der Waals surface area contributed by atoms with E-state index in [9.17, 15) is 14.4 Å². The van der Waals surface area contributed by atoms with Crippen molar-refractivity contribution in [3.8, 4) is 0 Å². The van der Waals surface area contributed by atoms with E-state index in [1.54, 1.807) is 38.1 Å². The molecule has 1 heterocycles. The predicted octanol–water partition coefficient (Wildman–Crippen LogP) is 2.49.